The number of anilines is 1. The number of carbonyl (C=O) groups is 2. The predicted molar refractivity (Wildman–Crippen MR) is 130 cm³/mol. The highest BCUT2D eigenvalue weighted by Crippen LogP contribution is 2.21. The average molecular weight is 491 g/mol. The van der Waals surface area contributed by atoms with Crippen molar-refractivity contribution in [1.82, 2.24) is 14.6 Å². The number of hydrogen-bond donors (Lipinski definition) is 2. The summed E-state index contributed by atoms with van der Waals surface area (Å²) in [5.74, 6) is 0.254. The van der Waals surface area contributed by atoms with E-state index in [9.17, 15) is 18.0 Å². The van der Waals surface area contributed by atoms with Crippen LogP contribution in [0.25, 0.3) is 0 Å². The molecule has 2 unspecified atom stereocenters. The van der Waals surface area contributed by atoms with Crippen molar-refractivity contribution in [2.45, 2.75) is 37.1 Å². The van der Waals surface area contributed by atoms with Crippen molar-refractivity contribution in [3.8, 4) is 0 Å². The number of nitrogens with zero attached hydrogens (tertiary/aromatic N) is 2. The summed E-state index contributed by atoms with van der Waals surface area (Å²) in [6, 6.07) is 12.5. The Balaban J connectivity index is 1.69. The van der Waals surface area contributed by atoms with Gasteiger partial charge in [0.15, 0.2) is 0 Å². The van der Waals surface area contributed by atoms with Crippen LogP contribution in [0.1, 0.15) is 25.0 Å². The van der Waals surface area contributed by atoms with E-state index >= 15 is 0 Å². The number of aromatic nitrogens is 1. The highest BCUT2D eigenvalue weighted by Gasteiger charge is 2.34. The van der Waals surface area contributed by atoms with Gasteiger partial charge in [-0.2, -0.15) is 16.5 Å². The van der Waals surface area contributed by atoms with Crippen molar-refractivity contribution < 1.29 is 18.0 Å². The fourth-order valence-electron chi connectivity index (χ4n) is 3.78. The van der Waals surface area contributed by atoms with Gasteiger partial charge in [0, 0.05) is 18.8 Å². The van der Waals surface area contributed by atoms with E-state index in [1.165, 1.54) is 12.1 Å². The molecule has 0 saturated carbocycles. The maximum atomic E-state index is 13.3. The van der Waals surface area contributed by atoms with Crippen LogP contribution in [0.5, 0.6) is 0 Å². The summed E-state index contributed by atoms with van der Waals surface area (Å²) in [7, 11) is -3.84. The van der Waals surface area contributed by atoms with E-state index in [1.807, 2.05) is 25.3 Å². The number of rotatable bonds is 9. The Kier molecular flexibility index (Phi) is 8.87. The minimum Gasteiger partial charge on any atom is -0.341 e. The molecule has 3 rings (SSSR count). The number of benzene rings is 1. The van der Waals surface area contributed by atoms with Crippen LogP contribution in [0, 0.1) is 12.8 Å². The predicted octanol–water partition coefficient (Wildman–Crippen LogP) is 2.67. The van der Waals surface area contributed by atoms with Gasteiger partial charge < -0.3 is 10.2 Å². The number of aryl methyl sites for hydroxylation is 1. The van der Waals surface area contributed by atoms with Gasteiger partial charge in [0.25, 0.3) is 0 Å². The van der Waals surface area contributed by atoms with Crippen molar-refractivity contribution in [1.29, 1.82) is 0 Å². The number of amides is 2. The van der Waals surface area contributed by atoms with Gasteiger partial charge in [0.1, 0.15) is 11.9 Å². The van der Waals surface area contributed by atoms with E-state index in [0.717, 1.165) is 5.69 Å². The lowest BCUT2D eigenvalue weighted by Gasteiger charge is -2.34. The molecule has 1 aliphatic rings. The molecule has 10 heteroatoms. The van der Waals surface area contributed by atoms with E-state index in [1.54, 1.807) is 40.9 Å². The van der Waals surface area contributed by atoms with Gasteiger partial charge in [0.2, 0.25) is 21.8 Å². The number of nitrogens with one attached hydrogen (secondary N) is 2. The van der Waals surface area contributed by atoms with Gasteiger partial charge in [-0.1, -0.05) is 24.3 Å². The molecule has 1 aliphatic heterocycles. The number of thioether (sulfide) groups is 1. The normalized spacial score (nSPS) is 17.4. The average Bonchev–Trinajstić information content (AvgIpc) is 2.82. The summed E-state index contributed by atoms with van der Waals surface area (Å²) >= 11 is 1.55. The first kappa shape index (κ1) is 25.2. The first-order valence-corrected chi connectivity index (χ1v) is 13.8. The van der Waals surface area contributed by atoms with Crippen LogP contribution in [-0.2, 0) is 19.6 Å². The first-order valence-electron chi connectivity index (χ1n) is 10.9. The van der Waals surface area contributed by atoms with Crippen molar-refractivity contribution in [3.05, 3.63) is 54.2 Å². The second-order valence-corrected chi connectivity index (χ2v) is 10.7. The molecule has 0 aliphatic carbocycles. The molecule has 1 aromatic heterocycles. The van der Waals surface area contributed by atoms with E-state index < -0.39 is 16.1 Å². The molecule has 1 fully saturated rings. The van der Waals surface area contributed by atoms with Crippen LogP contribution < -0.4 is 10.0 Å². The quantitative estimate of drug-likeness (QED) is 0.560. The number of piperidine rings is 1. The monoisotopic (exact) mass is 490 g/mol. The molecule has 1 saturated heterocycles. The van der Waals surface area contributed by atoms with E-state index in [-0.39, 0.29) is 29.2 Å². The van der Waals surface area contributed by atoms with Crippen LogP contribution in [-0.4, -0.2) is 61.3 Å². The van der Waals surface area contributed by atoms with Gasteiger partial charge in [-0.15, -0.1) is 0 Å². The standard InChI is InChI=1S/C23H30N4O4S2/c1-17-8-6-12-21(24-17)25-22(28)18-9-7-14-27(16-18)23(29)20(13-15-32-2)26-33(30,31)19-10-4-3-5-11-19/h3-6,8,10-12,18,20,26H,7,9,13-16H2,1-2H3,(H,24,25,28). The third-order valence-electron chi connectivity index (χ3n) is 5.50. The molecular weight excluding hydrogens is 460 g/mol. The van der Waals surface area contributed by atoms with Crippen LogP contribution >= 0.6 is 11.8 Å². The molecule has 178 valence electrons. The maximum Gasteiger partial charge on any atom is 0.241 e. The summed E-state index contributed by atoms with van der Waals surface area (Å²) in [6.45, 7) is 2.59. The summed E-state index contributed by atoms with van der Waals surface area (Å²) in [5, 5.41) is 2.83. The molecule has 0 bridgehead atoms. The Morgan fingerprint density at radius 2 is 1.94 bits per heavy atom. The molecule has 0 radical (unpaired) electrons. The Morgan fingerprint density at radius 1 is 1.18 bits per heavy atom. The molecule has 2 heterocycles. The third kappa shape index (κ3) is 7.02. The third-order valence-corrected chi connectivity index (χ3v) is 7.63. The molecule has 8 nitrogen and oxygen atoms in total. The second-order valence-electron chi connectivity index (χ2n) is 8.05. The topological polar surface area (TPSA) is 108 Å². The highest BCUT2D eigenvalue weighted by molar-refractivity contribution is 7.98. The lowest BCUT2D eigenvalue weighted by molar-refractivity contribution is -0.136. The van der Waals surface area contributed by atoms with Crippen LogP contribution in [0.15, 0.2) is 53.4 Å². The molecule has 0 spiro atoms. The van der Waals surface area contributed by atoms with Gasteiger partial charge in [-0.25, -0.2) is 13.4 Å². The molecule has 33 heavy (non-hydrogen) atoms. The van der Waals surface area contributed by atoms with Crippen LogP contribution in [0.2, 0.25) is 0 Å². The Labute approximate surface area is 199 Å². The zero-order valence-electron chi connectivity index (χ0n) is 18.9. The first-order chi connectivity index (χ1) is 15.8. The van der Waals surface area contributed by atoms with E-state index in [0.29, 0.717) is 37.4 Å². The zero-order valence-corrected chi connectivity index (χ0v) is 20.5. The molecule has 1 aromatic carbocycles. The van der Waals surface area contributed by atoms with Gasteiger partial charge in [-0.05, 0) is 62.5 Å². The number of hydrogen-bond acceptors (Lipinski definition) is 6. The molecule has 2 aromatic rings. The van der Waals surface area contributed by atoms with Crippen molar-refractivity contribution >= 4 is 39.4 Å². The molecule has 2 N–H and O–H groups in total. The molecule has 2 atom stereocenters. The van der Waals surface area contributed by atoms with Gasteiger partial charge >= 0.3 is 0 Å². The zero-order chi connectivity index (χ0) is 23.8. The summed E-state index contributed by atoms with van der Waals surface area (Å²) in [5.41, 5.74) is 0.801. The summed E-state index contributed by atoms with van der Waals surface area (Å²) in [4.78, 5) is 32.2. The summed E-state index contributed by atoms with van der Waals surface area (Å²) < 4.78 is 28.3. The Bertz CT molecular complexity index is 1060. The lowest BCUT2D eigenvalue weighted by Crippen LogP contribution is -2.52. The Hall–Kier alpha value is -2.43. The summed E-state index contributed by atoms with van der Waals surface area (Å²) in [6.07, 6.45) is 3.61. The van der Waals surface area contributed by atoms with Crippen molar-refractivity contribution in [2.75, 3.05) is 30.4 Å². The van der Waals surface area contributed by atoms with Gasteiger partial charge in [-0.3, -0.25) is 9.59 Å². The smallest absolute Gasteiger partial charge is 0.241 e. The van der Waals surface area contributed by atoms with Crippen LogP contribution in [0.3, 0.4) is 0 Å². The number of sulfonamides is 1. The van der Waals surface area contributed by atoms with E-state index in [2.05, 4.69) is 15.0 Å². The molecular formula is C23H30N4O4S2. The van der Waals surface area contributed by atoms with Crippen molar-refractivity contribution in [2.24, 2.45) is 5.92 Å². The lowest BCUT2D eigenvalue weighted by atomic mass is 9.96. The second kappa shape index (κ2) is 11.6. The maximum absolute atomic E-state index is 13.3. The van der Waals surface area contributed by atoms with Gasteiger partial charge in [0.05, 0.1) is 10.8 Å². The highest BCUT2D eigenvalue weighted by atomic mass is 32.2. The number of pyridine rings is 1. The van der Waals surface area contributed by atoms with E-state index in [4.69, 9.17) is 0 Å². The van der Waals surface area contributed by atoms with Crippen LogP contribution in [0.4, 0.5) is 5.82 Å². The fourth-order valence-corrected chi connectivity index (χ4v) is 5.49. The minimum absolute atomic E-state index is 0.119. The largest absolute Gasteiger partial charge is 0.341 e. The van der Waals surface area contributed by atoms with Crippen molar-refractivity contribution in [3.63, 3.8) is 0 Å². The molecule has 2 amide bonds. The fraction of sp³-hybridized carbons (Fsp3) is 0.435. The number of carbonyl (C=O) groups excluding carboxylic acids is 2. The SMILES string of the molecule is CSCCC(NS(=O)(=O)c1ccccc1)C(=O)N1CCCC(C(=O)Nc2cccc(C)n2)C1. The number of likely N-dealkylation sites (tertiary alicyclic amines) is 1. The minimum atomic E-state index is -3.84. The Morgan fingerprint density at radius 3 is 2.64 bits per heavy atom.